The summed E-state index contributed by atoms with van der Waals surface area (Å²) in [6, 6.07) is -4.04. The molecule has 13 nitrogen and oxygen atoms in total. The molecule has 0 bridgehead atoms. The van der Waals surface area contributed by atoms with Crippen LogP contribution in [0.25, 0.3) is 0 Å². The third kappa shape index (κ3) is 10.2. The molecule has 0 aromatic carbocycles. The van der Waals surface area contributed by atoms with Crippen molar-refractivity contribution in [2.24, 2.45) is 11.7 Å². The van der Waals surface area contributed by atoms with E-state index in [1.165, 1.54) is 30.6 Å². The molecule has 2 rings (SSSR count). The van der Waals surface area contributed by atoms with Gasteiger partial charge in [-0.25, -0.2) is 14.8 Å². The zero-order chi connectivity index (χ0) is 27.4. The molecule has 2 aromatic rings. The molecule has 4 atom stereocenters. The van der Waals surface area contributed by atoms with Crippen molar-refractivity contribution in [1.29, 1.82) is 0 Å². The number of nitrogens with two attached hydrogens (primary N) is 1. The van der Waals surface area contributed by atoms with Gasteiger partial charge in [0, 0.05) is 36.6 Å². The highest BCUT2D eigenvalue weighted by Crippen LogP contribution is 2.09. The average Bonchev–Trinajstić information content (AvgIpc) is 3.54. The maximum absolute atomic E-state index is 13.2. The highest BCUT2D eigenvalue weighted by atomic mass is 32.2. The van der Waals surface area contributed by atoms with Gasteiger partial charge >= 0.3 is 5.97 Å². The second kappa shape index (κ2) is 15.0. The molecule has 0 radical (unpaired) electrons. The molecular weight excluding hydrogens is 500 g/mol. The molecular formula is C23H36N8O5S. The van der Waals surface area contributed by atoms with Crippen molar-refractivity contribution in [3.63, 3.8) is 0 Å². The fraction of sp³-hybridized carbons (Fsp3) is 0.565. The van der Waals surface area contributed by atoms with Crippen LogP contribution in [0, 0.1) is 5.92 Å². The van der Waals surface area contributed by atoms with Crippen LogP contribution in [0.4, 0.5) is 0 Å². The van der Waals surface area contributed by atoms with Crippen molar-refractivity contribution in [2.75, 3.05) is 12.0 Å². The van der Waals surface area contributed by atoms with E-state index >= 15 is 0 Å². The normalized spacial score (nSPS) is 14.4. The molecule has 0 fully saturated rings. The smallest absolute Gasteiger partial charge is 0.326 e. The van der Waals surface area contributed by atoms with E-state index in [4.69, 9.17) is 5.73 Å². The van der Waals surface area contributed by atoms with Gasteiger partial charge in [0.1, 0.15) is 18.1 Å². The number of aliphatic carboxylic acids is 1. The molecule has 2 aromatic heterocycles. The molecule has 204 valence electrons. The molecule has 2 heterocycles. The molecule has 0 saturated heterocycles. The van der Waals surface area contributed by atoms with Gasteiger partial charge in [0.15, 0.2) is 0 Å². The minimum Gasteiger partial charge on any atom is -0.480 e. The first kappa shape index (κ1) is 29.8. The number of carboxylic acids is 1. The van der Waals surface area contributed by atoms with Crippen molar-refractivity contribution in [3.05, 3.63) is 36.4 Å². The third-order valence-electron chi connectivity index (χ3n) is 5.51. The number of thioether (sulfide) groups is 1. The lowest BCUT2D eigenvalue weighted by atomic mass is 10.0. The monoisotopic (exact) mass is 536 g/mol. The van der Waals surface area contributed by atoms with Crippen LogP contribution in [0.2, 0.25) is 0 Å². The van der Waals surface area contributed by atoms with Crippen LogP contribution in [0.5, 0.6) is 0 Å². The standard InChI is InChI=1S/C23H36N8O5S/c1-13(2)6-18(22(34)31-19(23(35)36)8-15-10-26-12-28-15)30-21(33)17(4-5-37-3)29-20(32)16(24)7-14-9-25-11-27-14/h9-13,16-19H,4-8,24H2,1-3H3,(H,25,27)(H,26,28)(H,29,32)(H,30,33)(H,31,34)(H,35,36). The van der Waals surface area contributed by atoms with Crippen LogP contribution < -0.4 is 21.7 Å². The predicted octanol–water partition coefficient (Wildman–Crippen LogP) is -0.416. The highest BCUT2D eigenvalue weighted by Gasteiger charge is 2.31. The van der Waals surface area contributed by atoms with E-state index in [2.05, 4.69) is 35.9 Å². The van der Waals surface area contributed by atoms with E-state index < -0.39 is 47.9 Å². The number of hydrogen-bond acceptors (Lipinski definition) is 8. The van der Waals surface area contributed by atoms with Gasteiger partial charge in [-0.3, -0.25) is 14.4 Å². The van der Waals surface area contributed by atoms with Crippen molar-refractivity contribution < 1.29 is 24.3 Å². The van der Waals surface area contributed by atoms with Crippen LogP contribution in [0.3, 0.4) is 0 Å². The third-order valence-corrected chi connectivity index (χ3v) is 6.15. The van der Waals surface area contributed by atoms with Gasteiger partial charge in [0.05, 0.1) is 18.7 Å². The number of imidazole rings is 2. The summed E-state index contributed by atoms with van der Waals surface area (Å²) in [6.45, 7) is 3.76. The lowest BCUT2D eigenvalue weighted by molar-refractivity contribution is -0.142. The Morgan fingerprint density at radius 2 is 1.46 bits per heavy atom. The van der Waals surface area contributed by atoms with Crippen LogP contribution in [-0.4, -0.2) is 84.9 Å². The molecule has 37 heavy (non-hydrogen) atoms. The van der Waals surface area contributed by atoms with E-state index in [1.54, 1.807) is 6.20 Å². The zero-order valence-corrected chi connectivity index (χ0v) is 22.0. The van der Waals surface area contributed by atoms with Gasteiger partial charge in [-0.2, -0.15) is 11.8 Å². The van der Waals surface area contributed by atoms with Gasteiger partial charge in [0.2, 0.25) is 17.7 Å². The Labute approximate surface area is 219 Å². The minimum atomic E-state index is -1.22. The molecule has 14 heteroatoms. The molecule has 4 unspecified atom stereocenters. The van der Waals surface area contributed by atoms with Crippen molar-refractivity contribution in [1.82, 2.24) is 35.9 Å². The van der Waals surface area contributed by atoms with Gasteiger partial charge in [0.25, 0.3) is 0 Å². The van der Waals surface area contributed by atoms with Crippen molar-refractivity contribution in [2.45, 2.75) is 63.7 Å². The summed E-state index contributed by atoms with van der Waals surface area (Å²) >= 11 is 1.51. The number of rotatable bonds is 16. The topological polar surface area (TPSA) is 208 Å². The first-order valence-electron chi connectivity index (χ1n) is 11.9. The summed E-state index contributed by atoms with van der Waals surface area (Å²) in [4.78, 5) is 64.2. The largest absolute Gasteiger partial charge is 0.480 e. The number of carbonyl (C=O) groups excluding carboxylic acids is 3. The number of carboxylic acid groups (broad SMARTS) is 1. The Morgan fingerprint density at radius 3 is 1.97 bits per heavy atom. The zero-order valence-electron chi connectivity index (χ0n) is 21.2. The summed E-state index contributed by atoms with van der Waals surface area (Å²) in [7, 11) is 0. The van der Waals surface area contributed by atoms with Crippen LogP contribution >= 0.6 is 11.8 Å². The molecule has 0 spiro atoms. The molecule has 0 aliphatic carbocycles. The molecule has 0 saturated carbocycles. The van der Waals surface area contributed by atoms with Gasteiger partial charge in [-0.05, 0) is 30.8 Å². The number of carbonyl (C=O) groups is 4. The summed E-state index contributed by atoms with van der Waals surface area (Å²) in [6.07, 6.45) is 8.64. The van der Waals surface area contributed by atoms with Gasteiger partial charge < -0.3 is 36.8 Å². The summed E-state index contributed by atoms with van der Waals surface area (Å²) in [5.41, 5.74) is 7.25. The van der Waals surface area contributed by atoms with E-state index in [-0.39, 0.29) is 25.2 Å². The summed E-state index contributed by atoms with van der Waals surface area (Å²) in [5.74, 6) is -2.29. The Morgan fingerprint density at radius 1 is 0.919 bits per heavy atom. The number of H-pyrrole nitrogens is 2. The summed E-state index contributed by atoms with van der Waals surface area (Å²) < 4.78 is 0. The fourth-order valence-electron chi connectivity index (χ4n) is 3.57. The molecule has 0 aliphatic heterocycles. The fourth-order valence-corrected chi connectivity index (χ4v) is 4.04. The Balaban J connectivity index is 2.08. The predicted molar refractivity (Wildman–Crippen MR) is 138 cm³/mol. The maximum atomic E-state index is 13.2. The Bertz CT molecular complexity index is 999. The molecule has 8 N–H and O–H groups in total. The number of amides is 3. The van der Waals surface area contributed by atoms with Crippen LogP contribution in [0.15, 0.2) is 25.0 Å². The number of aromatic amines is 2. The van der Waals surface area contributed by atoms with Crippen LogP contribution in [0.1, 0.15) is 38.1 Å². The number of aromatic nitrogens is 4. The molecule has 3 amide bonds. The van der Waals surface area contributed by atoms with Crippen LogP contribution in [-0.2, 0) is 32.0 Å². The van der Waals surface area contributed by atoms with E-state index in [0.29, 0.717) is 23.6 Å². The second-order valence-corrected chi connectivity index (χ2v) is 10.1. The van der Waals surface area contributed by atoms with E-state index in [1.807, 2.05) is 20.1 Å². The second-order valence-electron chi connectivity index (χ2n) is 9.10. The number of hydrogen-bond donors (Lipinski definition) is 7. The number of nitrogens with one attached hydrogen (secondary N) is 5. The lowest BCUT2D eigenvalue weighted by Crippen LogP contribution is -2.57. The lowest BCUT2D eigenvalue weighted by Gasteiger charge is -2.26. The van der Waals surface area contributed by atoms with Gasteiger partial charge in [-0.1, -0.05) is 13.8 Å². The summed E-state index contributed by atoms with van der Waals surface area (Å²) in [5, 5.41) is 17.5. The highest BCUT2D eigenvalue weighted by molar-refractivity contribution is 7.98. The maximum Gasteiger partial charge on any atom is 0.326 e. The quantitative estimate of drug-likeness (QED) is 0.148. The SMILES string of the molecule is CSCCC(NC(=O)C(N)Cc1cnc[nH]1)C(=O)NC(CC(C)C)C(=O)NC(Cc1cnc[nH]1)C(=O)O. The Hall–Kier alpha value is -3.39. The Kier molecular flexibility index (Phi) is 12.1. The first-order chi connectivity index (χ1) is 17.6. The average molecular weight is 537 g/mol. The van der Waals surface area contributed by atoms with E-state index in [9.17, 15) is 24.3 Å². The molecule has 0 aliphatic rings. The minimum absolute atomic E-state index is 0.00401. The number of nitrogens with zero attached hydrogens (tertiary/aromatic N) is 2. The van der Waals surface area contributed by atoms with Crippen molar-refractivity contribution >= 4 is 35.5 Å². The van der Waals surface area contributed by atoms with E-state index in [0.717, 1.165) is 0 Å². The first-order valence-corrected chi connectivity index (χ1v) is 13.3. The van der Waals surface area contributed by atoms with Crippen molar-refractivity contribution in [3.8, 4) is 0 Å². The van der Waals surface area contributed by atoms with Gasteiger partial charge in [-0.15, -0.1) is 0 Å².